The zero-order valence-corrected chi connectivity index (χ0v) is 11.7. The number of hydrogen-bond donors (Lipinski definition) is 2. The molecule has 0 saturated carbocycles. The minimum Gasteiger partial charge on any atom is -0.453 e. The molecule has 0 aliphatic carbocycles. The molecule has 0 fully saturated rings. The lowest BCUT2D eigenvalue weighted by Crippen LogP contribution is -2.11. The molecule has 1 amide bonds. The predicted octanol–water partition coefficient (Wildman–Crippen LogP) is 4.10. The second-order valence-electron chi connectivity index (χ2n) is 4.12. The van der Waals surface area contributed by atoms with Gasteiger partial charge in [-0.3, -0.25) is 5.32 Å². The van der Waals surface area contributed by atoms with Gasteiger partial charge in [0.25, 0.3) is 0 Å². The quantitative estimate of drug-likeness (QED) is 0.884. The Bertz CT molecular complexity index is 540. The van der Waals surface area contributed by atoms with Gasteiger partial charge in [-0.2, -0.15) is 11.3 Å². The minimum absolute atomic E-state index is 0.222. The largest absolute Gasteiger partial charge is 0.453 e. The van der Waals surface area contributed by atoms with Gasteiger partial charge in [0.1, 0.15) is 0 Å². The third-order valence-electron chi connectivity index (χ3n) is 2.72. The van der Waals surface area contributed by atoms with E-state index in [0.29, 0.717) is 5.69 Å². The molecular weight excluding hydrogens is 260 g/mol. The van der Waals surface area contributed by atoms with Crippen molar-refractivity contribution in [1.29, 1.82) is 0 Å². The van der Waals surface area contributed by atoms with Crippen molar-refractivity contribution in [3.8, 4) is 0 Å². The molecule has 0 bridgehead atoms. The molecule has 0 aliphatic heterocycles. The zero-order chi connectivity index (χ0) is 13.7. The van der Waals surface area contributed by atoms with Gasteiger partial charge in [-0.25, -0.2) is 4.79 Å². The lowest BCUT2D eigenvalue weighted by atomic mass is 10.1. The molecule has 2 N–H and O–H groups in total. The average molecular weight is 276 g/mol. The van der Waals surface area contributed by atoms with Gasteiger partial charge in [-0.15, -0.1) is 0 Å². The normalized spacial score (nSPS) is 11.7. The van der Waals surface area contributed by atoms with Gasteiger partial charge in [0.15, 0.2) is 0 Å². The SMILES string of the molecule is COC(=O)Nc1cccc(NC(C)c2ccsc2)c1. The third-order valence-corrected chi connectivity index (χ3v) is 3.42. The first kappa shape index (κ1) is 13.4. The summed E-state index contributed by atoms with van der Waals surface area (Å²) in [4.78, 5) is 11.1. The second-order valence-corrected chi connectivity index (χ2v) is 4.90. The molecule has 5 heteroatoms. The molecule has 2 rings (SSSR count). The number of anilines is 2. The van der Waals surface area contributed by atoms with E-state index in [1.807, 2.05) is 24.3 Å². The Hall–Kier alpha value is -2.01. The Kier molecular flexibility index (Phi) is 4.41. The van der Waals surface area contributed by atoms with Gasteiger partial charge < -0.3 is 10.1 Å². The summed E-state index contributed by atoms with van der Waals surface area (Å²) in [6, 6.07) is 9.86. The standard InChI is InChI=1S/C14H16N2O2S/c1-10(11-6-7-19-9-11)15-12-4-3-5-13(8-12)16-14(17)18-2/h3-10,15H,1-2H3,(H,16,17). The fourth-order valence-electron chi connectivity index (χ4n) is 1.71. The molecular formula is C14H16N2O2S. The van der Waals surface area contributed by atoms with E-state index in [0.717, 1.165) is 5.69 Å². The van der Waals surface area contributed by atoms with Crippen molar-refractivity contribution in [2.75, 3.05) is 17.7 Å². The summed E-state index contributed by atoms with van der Waals surface area (Å²) in [6.45, 7) is 2.10. The smallest absolute Gasteiger partial charge is 0.411 e. The van der Waals surface area contributed by atoms with Crippen LogP contribution in [0, 0.1) is 0 Å². The highest BCUT2D eigenvalue weighted by Gasteiger charge is 2.06. The molecule has 1 aromatic heterocycles. The zero-order valence-electron chi connectivity index (χ0n) is 10.8. The molecule has 0 saturated heterocycles. The molecule has 0 radical (unpaired) electrons. The number of carbonyl (C=O) groups is 1. The maximum atomic E-state index is 11.1. The van der Waals surface area contributed by atoms with E-state index in [4.69, 9.17) is 0 Å². The van der Waals surface area contributed by atoms with Crippen molar-refractivity contribution in [2.45, 2.75) is 13.0 Å². The molecule has 4 nitrogen and oxygen atoms in total. The molecule has 1 aromatic carbocycles. The van der Waals surface area contributed by atoms with Crippen molar-refractivity contribution >= 4 is 28.8 Å². The topological polar surface area (TPSA) is 50.4 Å². The molecule has 1 atom stereocenters. The molecule has 1 unspecified atom stereocenters. The van der Waals surface area contributed by atoms with Crippen molar-refractivity contribution in [3.05, 3.63) is 46.7 Å². The van der Waals surface area contributed by atoms with E-state index in [1.165, 1.54) is 12.7 Å². The van der Waals surface area contributed by atoms with Gasteiger partial charge in [0.05, 0.1) is 7.11 Å². The monoisotopic (exact) mass is 276 g/mol. The molecule has 2 aromatic rings. The maximum Gasteiger partial charge on any atom is 0.411 e. The highest BCUT2D eigenvalue weighted by molar-refractivity contribution is 7.07. The van der Waals surface area contributed by atoms with Crippen molar-refractivity contribution in [2.24, 2.45) is 0 Å². The first-order valence-electron chi connectivity index (χ1n) is 5.92. The van der Waals surface area contributed by atoms with Crippen LogP contribution < -0.4 is 10.6 Å². The Morgan fingerprint density at radius 3 is 2.79 bits per heavy atom. The predicted molar refractivity (Wildman–Crippen MR) is 78.8 cm³/mol. The summed E-state index contributed by atoms with van der Waals surface area (Å²) >= 11 is 1.68. The highest BCUT2D eigenvalue weighted by Crippen LogP contribution is 2.23. The Morgan fingerprint density at radius 2 is 2.11 bits per heavy atom. The number of rotatable bonds is 4. The van der Waals surface area contributed by atoms with Crippen LogP contribution in [0.15, 0.2) is 41.1 Å². The van der Waals surface area contributed by atoms with E-state index in [-0.39, 0.29) is 6.04 Å². The van der Waals surface area contributed by atoms with Crippen molar-refractivity contribution in [1.82, 2.24) is 0 Å². The number of benzene rings is 1. The first-order chi connectivity index (χ1) is 9.19. The van der Waals surface area contributed by atoms with Crippen molar-refractivity contribution in [3.63, 3.8) is 0 Å². The number of nitrogens with one attached hydrogen (secondary N) is 2. The maximum absolute atomic E-state index is 11.1. The highest BCUT2D eigenvalue weighted by atomic mass is 32.1. The lowest BCUT2D eigenvalue weighted by Gasteiger charge is -2.15. The molecule has 1 heterocycles. The molecule has 100 valence electrons. The summed E-state index contributed by atoms with van der Waals surface area (Å²) < 4.78 is 4.56. The number of hydrogen-bond acceptors (Lipinski definition) is 4. The Labute approximate surface area is 116 Å². The van der Waals surface area contributed by atoms with Gasteiger partial charge in [-0.05, 0) is 47.5 Å². The van der Waals surface area contributed by atoms with Crippen LogP contribution in [0.1, 0.15) is 18.5 Å². The van der Waals surface area contributed by atoms with Crippen LogP contribution in [0.5, 0.6) is 0 Å². The third kappa shape index (κ3) is 3.72. The minimum atomic E-state index is -0.469. The van der Waals surface area contributed by atoms with Crippen LogP contribution >= 0.6 is 11.3 Å². The van der Waals surface area contributed by atoms with Crippen LogP contribution in [0.4, 0.5) is 16.2 Å². The number of methoxy groups -OCH3 is 1. The fraction of sp³-hybridized carbons (Fsp3) is 0.214. The van der Waals surface area contributed by atoms with Crippen LogP contribution in [-0.2, 0) is 4.74 Å². The van der Waals surface area contributed by atoms with Gasteiger partial charge in [-0.1, -0.05) is 6.07 Å². The summed E-state index contributed by atoms with van der Waals surface area (Å²) in [7, 11) is 1.34. The summed E-state index contributed by atoms with van der Waals surface area (Å²) in [6.07, 6.45) is -0.469. The summed E-state index contributed by atoms with van der Waals surface area (Å²) in [5.74, 6) is 0. The van der Waals surface area contributed by atoms with E-state index in [1.54, 1.807) is 11.3 Å². The van der Waals surface area contributed by atoms with Crippen LogP contribution in [0.2, 0.25) is 0 Å². The van der Waals surface area contributed by atoms with Crippen LogP contribution in [0.25, 0.3) is 0 Å². The van der Waals surface area contributed by atoms with Crippen LogP contribution in [-0.4, -0.2) is 13.2 Å². The van der Waals surface area contributed by atoms with Crippen LogP contribution in [0.3, 0.4) is 0 Å². The molecule has 19 heavy (non-hydrogen) atoms. The van der Waals surface area contributed by atoms with E-state index >= 15 is 0 Å². The van der Waals surface area contributed by atoms with E-state index in [9.17, 15) is 4.79 Å². The van der Waals surface area contributed by atoms with Gasteiger partial charge in [0, 0.05) is 17.4 Å². The Balaban J connectivity index is 2.04. The molecule has 0 spiro atoms. The number of ether oxygens (including phenoxy) is 1. The van der Waals surface area contributed by atoms with E-state index < -0.39 is 6.09 Å². The first-order valence-corrected chi connectivity index (χ1v) is 6.87. The van der Waals surface area contributed by atoms with Gasteiger partial charge in [0.2, 0.25) is 0 Å². The lowest BCUT2D eigenvalue weighted by molar-refractivity contribution is 0.187. The summed E-state index contributed by atoms with van der Waals surface area (Å²) in [5.41, 5.74) is 2.90. The van der Waals surface area contributed by atoms with E-state index in [2.05, 4.69) is 39.1 Å². The van der Waals surface area contributed by atoms with Crippen molar-refractivity contribution < 1.29 is 9.53 Å². The fourth-order valence-corrected chi connectivity index (χ4v) is 2.46. The Morgan fingerprint density at radius 1 is 1.32 bits per heavy atom. The average Bonchev–Trinajstić information content (AvgIpc) is 2.93. The number of carbonyl (C=O) groups excluding carboxylic acids is 1. The molecule has 0 aliphatic rings. The number of amides is 1. The second kappa shape index (κ2) is 6.24. The number of thiophene rings is 1. The van der Waals surface area contributed by atoms with Gasteiger partial charge >= 0.3 is 6.09 Å². The summed E-state index contributed by atoms with van der Waals surface area (Å²) in [5, 5.41) is 10.2.